The van der Waals surface area contributed by atoms with Gasteiger partial charge in [0, 0.05) is 0 Å². The second-order valence-corrected chi connectivity index (χ2v) is 6.53. The minimum Gasteiger partial charge on any atom is -0.508 e. The second-order valence-electron chi connectivity index (χ2n) is 5.42. The zero-order chi connectivity index (χ0) is 18.4. The molecule has 0 amide bonds. The Labute approximate surface area is 154 Å². The molecule has 5 nitrogen and oxygen atoms in total. The summed E-state index contributed by atoms with van der Waals surface area (Å²) in [6, 6.07) is 20.6. The first-order chi connectivity index (χ1) is 12.6. The Morgan fingerprint density at radius 2 is 1.38 bits per heavy atom. The molecule has 0 aliphatic heterocycles. The van der Waals surface area contributed by atoms with E-state index >= 15 is 0 Å². The zero-order valence-electron chi connectivity index (χ0n) is 14.1. The maximum absolute atomic E-state index is 12.1. The first-order valence-electron chi connectivity index (χ1n) is 7.89. The highest BCUT2D eigenvalue weighted by Gasteiger charge is 2.07. The number of phenols is 1. The molecule has 0 spiro atoms. The number of phenolic OH excluding ortho intramolecular Hbond substituents is 1. The molecule has 3 rings (SSSR count). The Kier molecular flexibility index (Phi) is 5.76. The van der Waals surface area contributed by atoms with Gasteiger partial charge < -0.3 is 18.8 Å². The molecule has 0 saturated heterocycles. The lowest BCUT2D eigenvalue weighted by molar-refractivity contribution is 0.305. The summed E-state index contributed by atoms with van der Waals surface area (Å²) in [5, 5.41) is 9.26. The van der Waals surface area contributed by atoms with Crippen LogP contribution in [0.3, 0.4) is 0 Å². The number of ether oxygens (including phenoxy) is 2. The molecule has 0 bridgehead atoms. The molecule has 0 aliphatic rings. The maximum Gasteiger partial charge on any atom is 0.240 e. The van der Waals surface area contributed by atoms with Crippen LogP contribution in [0, 0.1) is 0 Å². The third-order valence-corrected chi connectivity index (χ3v) is 4.59. The van der Waals surface area contributed by atoms with Crippen molar-refractivity contribution in [3.63, 3.8) is 0 Å². The summed E-state index contributed by atoms with van der Waals surface area (Å²) in [6.07, 6.45) is 0. The molecule has 0 radical (unpaired) electrons. The monoisotopic (exact) mass is 370 g/mol. The lowest BCUT2D eigenvalue weighted by atomic mass is 10.2. The summed E-state index contributed by atoms with van der Waals surface area (Å²) in [4.78, 5) is 0.475. The van der Waals surface area contributed by atoms with Gasteiger partial charge in [-0.05, 0) is 66.2 Å². The topological polar surface area (TPSA) is 65.0 Å². The number of methoxy groups -OCH3 is 1. The van der Waals surface area contributed by atoms with Gasteiger partial charge in [-0.3, -0.25) is 0 Å². The number of hydrogen-bond donors (Lipinski definition) is 1. The molecule has 3 aromatic carbocycles. The fourth-order valence-corrected chi connectivity index (χ4v) is 2.91. The predicted molar refractivity (Wildman–Crippen MR) is 98.9 cm³/mol. The summed E-state index contributed by atoms with van der Waals surface area (Å²) in [6.45, 7) is 0.434. The van der Waals surface area contributed by atoms with E-state index in [1.54, 1.807) is 43.5 Å². The van der Waals surface area contributed by atoms with Crippen LogP contribution < -0.4 is 13.7 Å². The van der Waals surface area contributed by atoms with Gasteiger partial charge in [-0.1, -0.05) is 12.1 Å². The van der Waals surface area contributed by atoms with Crippen LogP contribution in [0.5, 0.6) is 23.0 Å². The fraction of sp³-hybridized carbons (Fsp3) is 0.100. The van der Waals surface area contributed by atoms with Gasteiger partial charge in [0.1, 0.15) is 29.6 Å². The molecule has 0 fully saturated rings. The van der Waals surface area contributed by atoms with Gasteiger partial charge in [0.2, 0.25) is 11.1 Å². The Bertz CT molecular complexity index is 858. The summed E-state index contributed by atoms with van der Waals surface area (Å²) in [5.41, 5.74) is 1.03. The van der Waals surface area contributed by atoms with Crippen molar-refractivity contribution in [3.05, 3.63) is 78.4 Å². The smallest absolute Gasteiger partial charge is 0.240 e. The van der Waals surface area contributed by atoms with Crippen LogP contribution in [0.25, 0.3) is 0 Å². The SMILES string of the molecule is COc1ccc(COc2ccc(OS(=O)c3ccc(O)cc3)cc2)cc1. The average Bonchev–Trinajstić information content (AvgIpc) is 2.68. The lowest BCUT2D eigenvalue weighted by Gasteiger charge is -2.09. The molecule has 1 atom stereocenters. The standard InChI is InChI=1S/C20H18O5S/c1-23-17-6-2-15(3-7-17)14-24-18-8-10-19(11-9-18)25-26(22)20-12-4-16(21)5-13-20/h2-13,21H,14H2,1H3. The molecule has 3 aromatic rings. The van der Waals surface area contributed by atoms with Crippen LogP contribution in [0.2, 0.25) is 0 Å². The molecule has 0 aromatic heterocycles. The molecule has 1 unspecified atom stereocenters. The lowest BCUT2D eigenvalue weighted by Crippen LogP contribution is -2.01. The van der Waals surface area contributed by atoms with E-state index in [-0.39, 0.29) is 5.75 Å². The van der Waals surface area contributed by atoms with Gasteiger partial charge in [-0.2, -0.15) is 0 Å². The number of hydrogen-bond acceptors (Lipinski definition) is 5. The summed E-state index contributed by atoms with van der Waals surface area (Å²) in [5.74, 6) is 2.07. The Hall–Kier alpha value is -2.99. The van der Waals surface area contributed by atoms with Crippen LogP contribution in [-0.2, 0) is 17.7 Å². The summed E-state index contributed by atoms with van der Waals surface area (Å²) >= 11 is -1.65. The van der Waals surface area contributed by atoms with E-state index in [1.807, 2.05) is 24.3 Å². The Morgan fingerprint density at radius 1 is 0.808 bits per heavy atom. The quantitative estimate of drug-likeness (QED) is 0.679. The highest BCUT2D eigenvalue weighted by atomic mass is 32.2. The van der Waals surface area contributed by atoms with Crippen molar-refractivity contribution in [2.45, 2.75) is 11.5 Å². The van der Waals surface area contributed by atoms with E-state index in [0.29, 0.717) is 23.0 Å². The summed E-state index contributed by atoms with van der Waals surface area (Å²) in [7, 11) is 1.63. The van der Waals surface area contributed by atoms with E-state index in [0.717, 1.165) is 11.3 Å². The van der Waals surface area contributed by atoms with E-state index in [2.05, 4.69) is 0 Å². The van der Waals surface area contributed by atoms with Gasteiger partial charge in [0.05, 0.1) is 12.0 Å². The number of rotatable bonds is 7. The summed E-state index contributed by atoms with van der Waals surface area (Å²) < 4.78 is 28.4. The van der Waals surface area contributed by atoms with Crippen LogP contribution in [0.1, 0.15) is 5.56 Å². The molecule has 0 heterocycles. The number of benzene rings is 3. The van der Waals surface area contributed by atoms with Crippen molar-refractivity contribution in [2.24, 2.45) is 0 Å². The fourth-order valence-electron chi connectivity index (χ4n) is 2.17. The largest absolute Gasteiger partial charge is 0.508 e. The first kappa shape index (κ1) is 17.8. The van der Waals surface area contributed by atoms with Crippen LogP contribution in [-0.4, -0.2) is 16.4 Å². The second kappa shape index (κ2) is 8.40. The van der Waals surface area contributed by atoms with E-state index < -0.39 is 11.1 Å². The van der Waals surface area contributed by atoms with Crippen molar-refractivity contribution in [1.29, 1.82) is 0 Å². The molecular weight excluding hydrogens is 352 g/mol. The van der Waals surface area contributed by atoms with Crippen molar-refractivity contribution >= 4 is 11.1 Å². The van der Waals surface area contributed by atoms with Gasteiger partial charge in [0.25, 0.3) is 0 Å². The molecule has 26 heavy (non-hydrogen) atoms. The molecule has 6 heteroatoms. The van der Waals surface area contributed by atoms with Crippen LogP contribution >= 0.6 is 0 Å². The first-order valence-corrected chi connectivity index (χ1v) is 8.96. The molecule has 134 valence electrons. The molecule has 1 N–H and O–H groups in total. The highest BCUT2D eigenvalue weighted by molar-refractivity contribution is 7.80. The van der Waals surface area contributed by atoms with Crippen molar-refractivity contribution < 1.29 is 23.0 Å². The van der Waals surface area contributed by atoms with E-state index in [9.17, 15) is 9.32 Å². The minimum absolute atomic E-state index is 0.115. The van der Waals surface area contributed by atoms with Gasteiger partial charge in [0.15, 0.2) is 0 Å². The van der Waals surface area contributed by atoms with Crippen LogP contribution in [0.4, 0.5) is 0 Å². The van der Waals surface area contributed by atoms with Gasteiger partial charge >= 0.3 is 0 Å². The Morgan fingerprint density at radius 3 is 2.00 bits per heavy atom. The minimum atomic E-state index is -1.65. The maximum atomic E-state index is 12.1. The van der Waals surface area contributed by atoms with Gasteiger partial charge in [-0.15, -0.1) is 0 Å². The zero-order valence-corrected chi connectivity index (χ0v) is 14.9. The molecular formula is C20H18O5S. The third-order valence-electron chi connectivity index (χ3n) is 3.59. The van der Waals surface area contributed by atoms with Gasteiger partial charge in [-0.25, -0.2) is 4.21 Å². The van der Waals surface area contributed by atoms with E-state index in [4.69, 9.17) is 13.7 Å². The normalized spacial score (nSPS) is 11.6. The molecule has 0 aliphatic carbocycles. The Balaban J connectivity index is 1.55. The van der Waals surface area contributed by atoms with Crippen LogP contribution in [0.15, 0.2) is 77.7 Å². The average molecular weight is 370 g/mol. The van der Waals surface area contributed by atoms with Crippen molar-refractivity contribution in [1.82, 2.24) is 0 Å². The van der Waals surface area contributed by atoms with E-state index in [1.165, 1.54) is 12.1 Å². The highest BCUT2D eigenvalue weighted by Crippen LogP contribution is 2.22. The predicted octanol–water partition coefficient (Wildman–Crippen LogP) is 4.08. The van der Waals surface area contributed by atoms with Crippen molar-refractivity contribution in [2.75, 3.05) is 7.11 Å². The van der Waals surface area contributed by atoms with Crippen molar-refractivity contribution in [3.8, 4) is 23.0 Å². The third kappa shape index (κ3) is 4.77. The number of aromatic hydroxyl groups is 1. The molecule has 0 saturated carbocycles.